The molecule has 0 spiro atoms. The third-order valence-electron chi connectivity index (χ3n) is 3.69. The molecule has 1 nitrogen and oxygen atoms in total. The molecule has 0 fully saturated rings. The number of fused-ring (bicyclic) bond motifs is 3. The van der Waals surface area contributed by atoms with Gasteiger partial charge in [0, 0.05) is 12.1 Å². The van der Waals surface area contributed by atoms with Gasteiger partial charge in [-0.1, -0.05) is 46.1 Å². The van der Waals surface area contributed by atoms with Crippen molar-refractivity contribution >= 4 is 21.9 Å². The summed E-state index contributed by atoms with van der Waals surface area (Å²) < 4.78 is 41.5. The molecule has 0 atom stereocenters. The van der Waals surface area contributed by atoms with Gasteiger partial charge in [-0.2, -0.15) is 0 Å². The molecule has 2 aromatic carbocycles. The zero-order chi connectivity index (χ0) is 15.4. The fraction of sp³-hybridized carbons (Fsp3) is 0.294. The summed E-state index contributed by atoms with van der Waals surface area (Å²) in [7, 11) is 0. The lowest BCUT2D eigenvalue weighted by Gasteiger charge is -2.18. The second-order valence-electron chi connectivity index (χ2n) is 6.21. The van der Waals surface area contributed by atoms with Gasteiger partial charge in [0.1, 0.15) is 0 Å². The number of para-hydroxylation sites is 1. The van der Waals surface area contributed by atoms with Crippen molar-refractivity contribution in [2.24, 2.45) is 0 Å². The summed E-state index contributed by atoms with van der Waals surface area (Å²) in [6.45, 7) is 6.14. The lowest BCUT2D eigenvalue weighted by atomic mass is 9.86. The van der Waals surface area contributed by atoms with Crippen molar-refractivity contribution < 1.29 is 17.2 Å². The predicted octanol–water partition coefficient (Wildman–Crippen LogP) is 6.05. The summed E-state index contributed by atoms with van der Waals surface area (Å²) >= 11 is 0. The minimum atomic E-state index is -4.51. The van der Waals surface area contributed by atoms with Crippen LogP contribution in [0.5, 0.6) is 0 Å². The van der Waals surface area contributed by atoms with Crippen LogP contribution in [0, 0.1) is 0 Å². The number of hydrogen-bond acceptors (Lipinski definition) is 0. The molecule has 0 aliphatic carbocycles. The summed E-state index contributed by atoms with van der Waals surface area (Å²) in [6.07, 6.45) is -4.51. The van der Waals surface area contributed by atoms with Gasteiger partial charge in [-0.05, 0) is 29.2 Å². The van der Waals surface area contributed by atoms with Crippen molar-refractivity contribution in [3.05, 3.63) is 48.0 Å². The highest BCUT2D eigenvalue weighted by Gasteiger charge is 2.44. The molecule has 21 heavy (non-hydrogen) atoms. The highest BCUT2D eigenvalue weighted by atomic mass is 19.4. The van der Waals surface area contributed by atoms with Crippen molar-refractivity contribution in [3.8, 4) is 0 Å². The Morgan fingerprint density at radius 3 is 2.05 bits per heavy atom. The van der Waals surface area contributed by atoms with Gasteiger partial charge >= 0.3 is 6.36 Å². The SMILES string of the molecule is CC(C)(C)c1ccc2c(c1)c1ccccc1[o+]2C(F)(F)F. The summed E-state index contributed by atoms with van der Waals surface area (Å²) in [6, 6.07) is 11.7. The largest absolute Gasteiger partial charge is 0.701 e. The minimum absolute atomic E-state index is 0.111. The first-order valence-electron chi connectivity index (χ1n) is 6.74. The van der Waals surface area contributed by atoms with Crippen LogP contribution in [0.2, 0.25) is 0 Å². The summed E-state index contributed by atoms with van der Waals surface area (Å²) in [5.74, 6) is 0. The van der Waals surface area contributed by atoms with Gasteiger partial charge in [0.05, 0.1) is 10.8 Å². The first-order chi connectivity index (χ1) is 9.69. The van der Waals surface area contributed by atoms with E-state index in [9.17, 15) is 13.2 Å². The Hall–Kier alpha value is -1.97. The summed E-state index contributed by atoms with van der Waals surface area (Å²) in [5.41, 5.74) is 1.14. The van der Waals surface area contributed by atoms with Crippen LogP contribution in [0.25, 0.3) is 21.9 Å². The van der Waals surface area contributed by atoms with E-state index in [1.54, 1.807) is 24.3 Å². The Labute approximate surface area is 120 Å². The van der Waals surface area contributed by atoms with Crippen LogP contribution >= 0.6 is 0 Å². The van der Waals surface area contributed by atoms with Crippen LogP contribution in [0.4, 0.5) is 13.2 Å². The van der Waals surface area contributed by atoms with Crippen LogP contribution in [-0.4, -0.2) is 0 Å². The lowest BCUT2D eigenvalue weighted by Crippen LogP contribution is -2.10. The standard InChI is InChI=1S/C17H16F3O/c1-16(2,3)11-8-9-15-13(10-11)12-6-4-5-7-14(12)21(15)17(18,19)20/h4-10H,1-3H3/q+1. The molecule has 1 heterocycles. The average Bonchev–Trinajstić information content (AvgIpc) is 2.70. The van der Waals surface area contributed by atoms with Crippen LogP contribution in [0.1, 0.15) is 26.3 Å². The molecule has 110 valence electrons. The predicted molar refractivity (Wildman–Crippen MR) is 78.3 cm³/mol. The Bertz CT molecular complexity index is 820. The van der Waals surface area contributed by atoms with Crippen molar-refractivity contribution in [2.75, 3.05) is 0 Å². The number of rotatable bonds is 0. The van der Waals surface area contributed by atoms with E-state index in [0.717, 1.165) is 5.56 Å². The van der Waals surface area contributed by atoms with Crippen LogP contribution in [0.3, 0.4) is 0 Å². The molecule has 3 aromatic rings. The van der Waals surface area contributed by atoms with E-state index in [4.69, 9.17) is 0 Å². The quantitative estimate of drug-likeness (QED) is 0.444. The Morgan fingerprint density at radius 1 is 0.810 bits per heavy atom. The Balaban J connectivity index is 2.47. The number of halogens is 3. The maximum atomic E-state index is 13.3. The van der Waals surface area contributed by atoms with E-state index in [2.05, 4.69) is 0 Å². The number of furan rings is 1. The first-order valence-corrected chi connectivity index (χ1v) is 6.74. The second-order valence-corrected chi connectivity index (χ2v) is 6.21. The second kappa shape index (κ2) is 4.26. The molecule has 0 saturated carbocycles. The average molecular weight is 293 g/mol. The molecule has 0 radical (unpaired) electrons. The molecular weight excluding hydrogens is 277 g/mol. The lowest BCUT2D eigenvalue weighted by molar-refractivity contribution is -0.354. The van der Waals surface area contributed by atoms with Gasteiger partial charge in [-0.25, -0.2) is 0 Å². The monoisotopic (exact) mass is 293 g/mol. The number of alkyl halides is 3. The van der Waals surface area contributed by atoms with E-state index in [1.807, 2.05) is 26.8 Å². The molecule has 0 saturated heterocycles. The minimum Gasteiger partial charge on any atom is -0.451 e. The molecule has 3 rings (SSSR count). The fourth-order valence-corrected chi connectivity index (χ4v) is 2.62. The van der Waals surface area contributed by atoms with Gasteiger partial charge in [0.15, 0.2) is 0 Å². The third kappa shape index (κ3) is 2.19. The molecule has 0 amide bonds. The van der Waals surface area contributed by atoms with Crippen LogP contribution in [0.15, 0.2) is 46.5 Å². The van der Waals surface area contributed by atoms with E-state index in [0.29, 0.717) is 10.8 Å². The van der Waals surface area contributed by atoms with E-state index in [1.165, 1.54) is 16.2 Å². The van der Waals surface area contributed by atoms with Crippen molar-refractivity contribution in [1.29, 1.82) is 0 Å². The molecular formula is C17H16F3O+. The van der Waals surface area contributed by atoms with Gasteiger partial charge in [-0.15, -0.1) is 0 Å². The zero-order valence-electron chi connectivity index (χ0n) is 12.1. The molecule has 4 heteroatoms. The van der Waals surface area contributed by atoms with E-state index >= 15 is 0 Å². The normalized spacial score (nSPS) is 13.2. The summed E-state index contributed by atoms with van der Waals surface area (Å²) in [4.78, 5) is 0. The molecule has 0 unspecified atom stereocenters. The van der Waals surface area contributed by atoms with E-state index in [-0.39, 0.29) is 16.6 Å². The van der Waals surface area contributed by atoms with E-state index < -0.39 is 6.36 Å². The maximum Gasteiger partial charge on any atom is 0.701 e. The smallest absolute Gasteiger partial charge is 0.451 e. The Kier molecular flexibility index (Phi) is 2.84. The van der Waals surface area contributed by atoms with Crippen molar-refractivity contribution in [1.82, 2.24) is 0 Å². The molecule has 0 N–H and O–H groups in total. The first kappa shape index (κ1) is 14.0. The van der Waals surface area contributed by atoms with Gasteiger partial charge in [0.25, 0.3) is 11.2 Å². The van der Waals surface area contributed by atoms with Crippen molar-refractivity contribution in [2.45, 2.75) is 32.5 Å². The third-order valence-corrected chi connectivity index (χ3v) is 3.69. The summed E-state index contributed by atoms with van der Waals surface area (Å²) in [5, 5.41) is 1.21. The number of hydrogen-bond donors (Lipinski definition) is 0. The highest BCUT2D eigenvalue weighted by molar-refractivity contribution is 6.05. The fourth-order valence-electron chi connectivity index (χ4n) is 2.62. The Morgan fingerprint density at radius 2 is 1.43 bits per heavy atom. The molecule has 0 aliphatic heterocycles. The van der Waals surface area contributed by atoms with Crippen molar-refractivity contribution in [3.63, 3.8) is 0 Å². The topological polar surface area (TPSA) is 2.70 Å². The van der Waals surface area contributed by atoms with Crippen LogP contribution < -0.4 is 0 Å². The molecule has 0 bridgehead atoms. The van der Waals surface area contributed by atoms with Gasteiger partial charge in [0.2, 0.25) is 0 Å². The number of benzene rings is 2. The molecule has 1 aromatic heterocycles. The maximum absolute atomic E-state index is 13.3. The zero-order valence-corrected chi connectivity index (χ0v) is 12.1. The van der Waals surface area contributed by atoms with Gasteiger partial charge < -0.3 is 4.05 Å². The van der Waals surface area contributed by atoms with Crippen LogP contribution in [-0.2, 0) is 11.8 Å². The van der Waals surface area contributed by atoms with Gasteiger partial charge in [-0.3, -0.25) is 0 Å². The molecule has 0 aliphatic rings. The highest BCUT2D eigenvalue weighted by Crippen LogP contribution is 2.44.